The smallest absolute Gasteiger partial charge is 0.128 e. The molecule has 1 aliphatic rings. The third-order valence-corrected chi connectivity index (χ3v) is 2.65. The quantitative estimate of drug-likeness (QED) is 0.796. The van der Waals surface area contributed by atoms with Crippen molar-refractivity contribution in [3.05, 3.63) is 30.3 Å². The van der Waals surface area contributed by atoms with Gasteiger partial charge in [0.2, 0.25) is 0 Å². The molecule has 0 radical (unpaired) electrons. The molecular formula is C12H17NO2. The molecule has 1 aromatic rings. The van der Waals surface area contributed by atoms with Gasteiger partial charge in [-0.1, -0.05) is 18.2 Å². The van der Waals surface area contributed by atoms with Crippen molar-refractivity contribution in [3.8, 4) is 0 Å². The Morgan fingerprint density at radius 2 is 2.07 bits per heavy atom. The molecule has 0 saturated carbocycles. The van der Waals surface area contributed by atoms with Gasteiger partial charge in [-0.15, -0.1) is 0 Å². The first-order valence-electron chi connectivity index (χ1n) is 5.46. The minimum Gasteiger partial charge on any atom is -0.394 e. The Bertz CT molecular complexity index is 289. The third kappa shape index (κ3) is 2.94. The van der Waals surface area contributed by atoms with Gasteiger partial charge in [-0.05, 0) is 31.4 Å². The van der Waals surface area contributed by atoms with Crippen molar-refractivity contribution in [1.82, 2.24) is 0 Å². The first kappa shape index (κ1) is 10.5. The van der Waals surface area contributed by atoms with Crippen molar-refractivity contribution >= 4 is 5.69 Å². The van der Waals surface area contributed by atoms with Crippen LogP contribution in [-0.2, 0) is 4.74 Å². The second-order valence-electron chi connectivity index (χ2n) is 3.87. The van der Waals surface area contributed by atoms with E-state index in [-0.39, 0.29) is 18.9 Å². The largest absolute Gasteiger partial charge is 0.394 e. The van der Waals surface area contributed by atoms with Gasteiger partial charge in [-0.2, -0.15) is 0 Å². The Morgan fingerprint density at radius 3 is 2.80 bits per heavy atom. The first-order chi connectivity index (χ1) is 7.38. The second kappa shape index (κ2) is 5.14. The molecule has 3 heteroatoms. The Morgan fingerprint density at radius 1 is 1.27 bits per heavy atom. The average Bonchev–Trinajstić information content (AvgIpc) is 2.31. The van der Waals surface area contributed by atoms with E-state index in [9.17, 15) is 0 Å². The fraction of sp³-hybridized carbons (Fsp3) is 0.500. The number of ether oxygens (including phenoxy) is 1. The van der Waals surface area contributed by atoms with Crippen LogP contribution in [0.1, 0.15) is 19.3 Å². The topological polar surface area (TPSA) is 41.5 Å². The molecule has 2 atom stereocenters. The summed E-state index contributed by atoms with van der Waals surface area (Å²) in [6, 6.07) is 10.0. The van der Waals surface area contributed by atoms with Gasteiger partial charge in [0.05, 0.1) is 12.7 Å². The summed E-state index contributed by atoms with van der Waals surface area (Å²) >= 11 is 0. The molecule has 1 aromatic carbocycles. The number of hydrogen-bond donors (Lipinski definition) is 2. The minimum absolute atomic E-state index is 0.0000350. The Kier molecular flexibility index (Phi) is 3.59. The van der Waals surface area contributed by atoms with E-state index in [2.05, 4.69) is 5.32 Å². The van der Waals surface area contributed by atoms with Crippen LogP contribution in [0.4, 0.5) is 5.69 Å². The molecule has 1 fully saturated rings. The summed E-state index contributed by atoms with van der Waals surface area (Å²) in [6.45, 7) is 0.118. The molecule has 1 aliphatic heterocycles. The number of nitrogens with one attached hydrogen (secondary N) is 1. The van der Waals surface area contributed by atoms with Gasteiger partial charge in [0.25, 0.3) is 0 Å². The standard InChI is InChI=1S/C12H17NO2/c14-9-11-7-4-8-12(15-11)13-10-5-2-1-3-6-10/h1-3,5-6,11-14H,4,7-9H2. The van der Waals surface area contributed by atoms with Gasteiger partial charge >= 0.3 is 0 Å². The maximum absolute atomic E-state index is 9.02. The highest BCUT2D eigenvalue weighted by molar-refractivity contribution is 5.42. The summed E-state index contributed by atoms with van der Waals surface area (Å²) in [7, 11) is 0. The molecule has 0 aromatic heterocycles. The monoisotopic (exact) mass is 207 g/mol. The normalized spacial score (nSPS) is 26.2. The van der Waals surface area contributed by atoms with Crippen LogP contribution in [0.25, 0.3) is 0 Å². The number of benzene rings is 1. The van der Waals surface area contributed by atoms with Crippen LogP contribution in [0, 0.1) is 0 Å². The number of hydrogen-bond acceptors (Lipinski definition) is 3. The molecule has 0 spiro atoms. The van der Waals surface area contributed by atoms with Crippen molar-refractivity contribution in [2.45, 2.75) is 31.6 Å². The molecule has 2 N–H and O–H groups in total. The van der Waals surface area contributed by atoms with Crippen molar-refractivity contribution in [2.75, 3.05) is 11.9 Å². The Balaban J connectivity index is 1.89. The lowest BCUT2D eigenvalue weighted by atomic mass is 10.1. The molecule has 0 aliphatic carbocycles. The molecular weight excluding hydrogens is 190 g/mol. The van der Waals surface area contributed by atoms with E-state index in [1.165, 1.54) is 0 Å². The van der Waals surface area contributed by atoms with E-state index in [0.29, 0.717) is 0 Å². The number of anilines is 1. The van der Waals surface area contributed by atoms with Crippen LogP contribution < -0.4 is 5.32 Å². The molecule has 0 bridgehead atoms. The molecule has 82 valence electrons. The number of aliphatic hydroxyl groups is 1. The third-order valence-electron chi connectivity index (χ3n) is 2.65. The van der Waals surface area contributed by atoms with E-state index in [1.807, 2.05) is 30.3 Å². The zero-order valence-electron chi connectivity index (χ0n) is 8.73. The average molecular weight is 207 g/mol. The van der Waals surface area contributed by atoms with Crippen LogP contribution in [0.15, 0.2) is 30.3 Å². The highest BCUT2D eigenvalue weighted by Crippen LogP contribution is 2.20. The minimum atomic E-state index is -0.0000350. The summed E-state index contributed by atoms with van der Waals surface area (Å²) in [4.78, 5) is 0. The van der Waals surface area contributed by atoms with Gasteiger partial charge in [0, 0.05) is 5.69 Å². The van der Waals surface area contributed by atoms with Crippen LogP contribution in [0.2, 0.25) is 0 Å². The van der Waals surface area contributed by atoms with Crippen LogP contribution in [0.3, 0.4) is 0 Å². The van der Waals surface area contributed by atoms with Gasteiger partial charge in [0.15, 0.2) is 0 Å². The highest BCUT2D eigenvalue weighted by atomic mass is 16.5. The van der Waals surface area contributed by atoms with E-state index in [0.717, 1.165) is 24.9 Å². The van der Waals surface area contributed by atoms with Crippen LogP contribution in [0.5, 0.6) is 0 Å². The Hall–Kier alpha value is -1.06. The molecule has 1 saturated heterocycles. The maximum atomic E-state index is 9.02. The van der Waals surface area contributed by atoms with Gasteiger partial charge in [0.1, 0.15) is 6.23 Å². The summed E-state index contributed by atoms with van der Waals surface area (Å²) < 4.78 is 5.68. The fourth-order valence-electron chi connectivity index (χ4n) is 1.86. The summed E-state index contributed by atoms with van der Waals surface area (Å²) in [5.74, 6) is 0. The predicted molar refractivity (Wildman–Crippen MR) is 59.7 cm³/mol. The van der Waals surface area contributed by atoms with Gasteiger partial charge in [-0.3, -0.25) is 0 Å². The van der Waals surface area contributed by atoms with E-state index >= 15 is 0 Å². The molecule has 2 unspecified atom stereocenters. The lowest BCUT2D eigenvalue weighted by Gasteiger charge is -2.30. The number of para-hydroxylation sites is 1. The number of aliphatic hydroxyl groups excluding tert-OH is 1. The molecule has 2 rings (SSSR count). The predicted octanol–water partition coefficient (Wildman–Crippen LogP) is 1.99. The summed E-state index contributed by atoms with van der Waals surface area (Å²) in [5, 5.41) is 12.3. The van der Waals surface area contributed by atoms with E-state index in [1.54, 1.807) is 0 Å². The lowest BCUT2D eigenvalue weighted by Crippen LogP contribution is -2.34. The fourth-order valence-corrected chi connectivity index (χ4v) is 1.86. The van der Waals surface area contributed by atoms with Crippen molar-refractivity contribution in [3.63, 3.8) is 0 Å². The van der Waals surface area contributed by atoms with Crippen molar-refractivity contribution in [1.29, 1.82) is 0 Å². The Labute approximate surface area is 90.1 Å². The number of rotatable bonds is 3. The zero-order chi connectivity index (χ0) is 10.5. The SMILES string of the molecule is OCC1CCCC(Nc2ccccc2)O1. The van der Waals surface area contributed by atoms with E-state index < -0.39 is 0 Å². The maximum Gasteiger partial charge on any atom is 0.128 e. The van der Waals surface area contributed by atoms with Gasteiger partial charge in [-0.25, -0.2) is 0 Å². The lowest BCUT2D eigenvalue weighted by molar-refractivity contribution is -0.0592. The molecule has 1 heterocycles. The molecule has 15 heavy (non-hydrogen) atoms. The molecule has 3 nitrogen and oxygen atoms in total. The second-order valence-corrected chi connectivity index (χ2v) is 3.87. The highest BCUT2D eigenvalue weighted by Gasteiger charge is 2.21. The first-order valence-corrected chi connectivity index (χ1v) is 5.46. The van der Waals surface area contributed by atoms with Crippen LogP contribution >= 0.6 is 0 Å². The van der Waals surface area contributed by atoms with Crippen LogP contribution in [-0.4, -0.2) is 24.0 Å². The summed E-state index contributed by atoms with van der Waals surface area (Å²) in [6.07, 6.45) is 3.11. The molecule has 0 amide bonds. The summed E-state index contributed by atoms with van der Waals surface area (Å²) in [5.41, 5.74) is 1.07. The van der Waals surface area contributed by atoms with Gasteiger partial charge < -0.3 is 15.2 Å². The van der Waals surface area contributed by atoms with E-state index in [4.69, 9.17) is 9.84 Å². The van der Waals surface area contributed by atoms with Crippen molar-refractivity contribution in [2.24, 2.45) is 0 Å². The zero-order valence-corrected chi connectivity index (χ0v) is 8.73. The van der Waals surface area contributed by atoms with Crippen molar-refractivity contribution < 1.29 is 9.84 Å².